The molecule has 0 saturated heterocycles. The van der Waals surface area contributed by atoms with Gasteiger partial charge in [0, 0.05) is 41.7 Å². The zero-order chi connectivity index (χ0) is 25.4. The first-order valence-corrected chi connectivity index (χ1v) is 12.1. The van der Waals surface area contributed by atoms with Crippen LogP contribution in [0.2, 0.25) is 0 Å². The van der Waals surface area contributed by atoms with Gasteiger partial charge in [-0.2, -0.15) is 0 Å². The van der Waals surface area contributed by atoms with Gasteiger partial charge in [-0.1, -0.05) is 31.5 Å². The van der Waals surface area contributed by atoms with Gasteiger partial charge in [0.1, 0.15) is 23.0 Å². The summed E-state index contributed by atoms with van der Waals surface area (Å²) in [5, 5.41) is 0. The van der Waals surface area contributed by atoms with Crippen molar-refractivity contribution in [3.8, 4) is 23.0 Å². The number of aryl methyl sites for hydroxylation is 1. The van der Waals surface area contributed by atoms with Crippen LogP contribution >= 0.6 is 0 Å². The van der Waals surface area contributed by atoms with Crippen molar-refractivity contribution in [3.63, 3.8) is 0 Å². The monoisotopic (exact) mass is 486 g/mol. The third-order valence-electron chi connectivity index (χ3n) is 6.28. The SMILES string of the molecule is CCCC(=O)Oc1ccc2c(c1)Oc1cc(OC(=O)CCC)ccc1C21OC(=O)c2cc(C)ccc21. The second-order valence-electron chi connectivity index (χ2n) is 8.99. The predicted octanol–water partition coefficient (Wildman–Crippen LogP) is 5.97. The molecule has 1 spiro atoms. The number of carbonyl (C=O) groups is 3. The van der Waals surface area contributed by atoms with Crippen LogP contribution in [0, 0.1) is 6.92 Å². The highest BCUT2D eigenvalue weighted by atomic mass is 16.6. The second-order valence-corrected chi connectivity index (χ2v) is 8.99. The van der Waals surface area contributed by atoms with Gasteiger partial charge in [0.2, 0.25) is 0 Å². The molecule has 184 valence electrons. The van der Waals surface area contributed by atoms with E-state index in [1.807, 2.05) is 39.0 Å². The van der Waals surface area contributed by atoms with Gasteiger partial charge in [0.25, 0.3) is 0 Å². The molecule has 0 unspecified atom stereocenters. The summed E-state index contributed by atoms with van der Waals surface area (Å²) in [6.07, 6.45) is 1.92. The molecule has 0 saturated carbocycles. The molecule has 7 heteroatoms. The van der Waals surface area contributed by atoms with Crippen molar-refractivity contribution in [2.24, 2.45) is 0 Å². The molecule has 0 radical (unpaired) electrons. The largest absolute Gasteiger partial charge is 0.456 e. The molecule has 2 aliphatic heterocycles. The number of esters is 3. The lowest BCUT2D eigenvalue weighted by molar-refractivity contribution is -0.135. The Morgan fingerprint density at radius 3 is 1.83 bits per heavy atom. The fraction of sp³-hybridized carbons (Fsp3) is 0.276. The van der Waals surface area contributed by atoms with Gasteiger partial charge >= 0.3 is 17.9 Å². The van der Waals surface area contributed by atoms with Crippen molar-refractivity contribution >= 4 is 17.9 Å². The van der Waals surface area contributed by atoms with Crippen LogP contribution in [0.25, 0.3) is 0 Å². The minimum atomic E-state index is -1.26. The van der Waals surface area contributed by atoms with Gasteiger partial charge in [0.05, 0.1) is 5.56 Å². The van der Waals surface area contributed by atoms with Gasteiger partial charge < -0.3 is 18.9 Å². The van der Waals surface area contributed by atoms with Gasteiger partial charge in [-0.3, -0.25) is 9.59 Å². The van der Waals surface area contributed by atoms with Crippen LogP contribution in [0.4, 0.5) is 0 Å². The van der Waals surface area contributed by atoms with Crippen molar-refractivity contribution in [2.75, 3.05) is 0 Å². The number of carbonyl (C=O) groups excluding carboxylic acids is 3. The van der Waals surface area contributed by atoms with Crippen LogP contribution in [-0.2, 0) is 19.9 Å². The summed E-state index contributed by atoms with van der Waals surface area (Å²) >= 11 is 0. The molecule has 0 atom stereocenters. The van der Waals surface area contributed by atoms with E-state index in [-0.39, 0.29) is 11.9 Å². The van der Waals surface area contributed by atoms with Gasteiger partial charge in [-0.15, -0.1) is 0 Å². The summed E-state index contributed by atoms with van der Waals surface area (Å²) in [7, 11) is 0. The molecule has 3 aromatic carbocycles. The van der Waals surface area contributed by atoms with Crippen molar-refractivity contribution in [1.82, 2.24) is 0 Å². The number of benzene rings is 3. The van der Waals surface area contributed by atoms with Gasteiger partial charge in [0.15, 0.2) is 5.60 Å². The number of ether oxygens (including phenoxy) is 4. The molecule has 7 nitrogen and oxygen atoms in total. The first-order chi connectivity index (χ1) is 17.3. The highest BCUT2D eigenvalue weighted by molar-refractivity contribution is 5.97. The molecule has 2 aliphatic rings. The molecule has 0 fully saturated rings. The lowest BCUT2D eigenvalue weighted by Gasteiger charge is -2.36. The van der Waals surface area contributed by atoms with E-state index in [0.29, 0.717) is 70.9 Å². The zero-order valence-electron chi connectivity index (χ0n) is 20.4. The Kier molecular flexibility index (Phi) is 6.00. The van der Waals surface area contributed by atoms with Crippen molar-refractivity contribution < 1.29 is 33.3 Å². The first-order valence-electron chi connectivity index (χ1n) is 12.1. The summed E-state index contributed by atoms with van der Waals surface area (Å²) in [5.74, 6) is 0.271. The molecule has 0 aliphatic carbocycles. The minimum Gasteiger partial charge on any atom is -0.456 e. The second kappa shape index (κ2) is 9.15. The lowest BCUT2D eigenvalue weighted by Crippen LogP contribution is -2.33. The zero-order valence-corrected chi connectivity index (χ0v) is 20.4. The van der Waals surface area contributed by atoms with Crippen LogP contribution in [0.1, 0.15) is 72.1 Å². The Bertz CT molecular complexity index is 1320. The van der Waals surface area contributed by atoms with E-state index < -0.39 is 11.6 Å². The minimum absolute atomic E-state index is 0.293. The van der Waals surface area contributed by atoms with Crippen molar-refractivity contribution in [2.45, 2.75) is 52.1 Å². The molecule has 0 amide bonds. The van der Waals surface area contributed by atoms with E-state index in [4.69, 9.17) is 18.9 Å². The van der Waals surface area contributed by atoms with Crippen LogP contribution < -0.4 is 14.2 Å². The molecule has 3 aromatic rings. The highest BCUT2D eigenvalue weighted by Gasteiger charge is 2.53. The molecule has 0 aromatic heterocycles. The summed E-state index contributed by atoms with van der Waals surface area (Å²) < 4.78 is 23.3. The lowest BCUT2D eigenvalue weighted by atomic mass is 9.77. The maximum Gasteiger partial charge on any atom is 0.340 e. The first kappa shape index (κ1) is 23.6. The number of fused-ring (bicyclic) bond motifs is 6. The number of hydrogen-bond acceptors (Lipinski definition) is 7. The number of rotatable bonds is 6. The third kappa shape index (κ3) is 3.90. The van der Waals surface area contributed by atoms with Crippen LogP contribution in [-0.4, -0.2) is 17.9 Å². The van der Waals surface area contributed by atoms with E-state index in [2.05, 4.69) is 0 Å². The quantitative estimate of drug-likeness (QED) is 0.313. The predicted molar refractivity (Wildman–Crippen MR) is 131 cm³/mol. The fourth-order valence-corrected chi connectivity index (χ4v) is 4.70. The van der Waals surface area contributed by atoms with Crippen LogP contribution in [0.3, 0.4) is 0 Å². The Labute approximate surface area is 208 Å². The molecule has 0 N–H and O–H groups in total. The molecule has 36 heavy (non-hydrogen) atoms. The average molecular weight is 487 g/mol. The van der Waals surface area contributed by atoms with Crippen molar-refractivity contribution in [1.29, 1.82) is 0 Å². The summed E-state index contributed by atoms with van der Waals surface area (Å²) in [6.45, 7) is 5.71. The van der Waals surface area contributed by atoms with Crippen LogP contribution in [0.15, 0.2) is 54.6 Å². The Hall–Kier alpha value is -4.13. The summed E-state index contributed by atoms with van der Waals surface area (Å²) in [5.41, 5.74) is 2.06. The Morgan fingerprint density at radius 1 is 0.778 bits per heavy atom. The molecule has 5 rings (SSSR count). The normalized spacial score (nSPS) is 14.2. The highest BCUT2D eigenvalue weighted by Crippen LogP contribution is 2.57. The maximum atomic E-state index is 13.1. The summed E-state index contributed by atoms with van der Waals surface area (Å²) in [6, 6.07) is 15.7. The molecular weight excluding hydrogens is 460 g/mol. The average Bonchev–Trinajstić information content (AvgIpc) is 3.11. The Morgan fingerprint density at radius 2 is 1.31 bits per heavy atom. The standard InChI is InChI=1S/C29H26O7/c1-4-6-26(30)33-18-9-12-22-24(15-18)35-25-16-19(34-27(31)7-5-2)10-13-23(25)29(22)21-11-8-17(3)14-20(21)28(32)36-29/h8-16H,4-7H2,1-3H3. The molecule has 2 heterocycles. The van der Waals surface area contributed by atoms with Gasteiger partial charge in [-0.25, -0.2) is 4.79 Å². The van der Waals surface area contributed by atoms with E-state index in [1.54, 1.807) is 36.4 Å². The topological polar surface area (TPSA) is 88.1 Å². The summed E-state index contributed by atoms with van der Waals surface area (Å²) in [4.78, 5) is 37.3. The van der Waals surface area contributed by atoms with E-state index in [0.717, 1.165) is 5.56 Å². The van der Waals surface area contributed by atoms with E-state index >= 15 is 0 Å². The fourth-order valence-electron chi connectivity index (χ4n) is 4.70. The van der Waals surface area contributed by atoms with Crippen LogP contribution in [0.5, 0.6) is 23.0 Å². The van der Waals surface area contributed by atoms with E-state index in [1.165, 1.54) is 0 Å². The maximum absolute atomic E-state index is 13.1. The Balaban J connectivity index is 1.66. The third-order valence-corrected chi connectivity index (χ3v) is 6.28. The van der Waals surface area contributed by atoms with Crippen molar-refractivity contribution in [3.05, 3.63) is 82.4 Å². The molecular formula is C29H26O7. The smallest absolute Gasteiger partial charge is 0.340 e. The van der Waals surface area contributed by atoms with E-state index in [9.17, 15) is 14.4 Å². The number of hydrogen-bond donors (Lipinski definition) is 0. The molecule has 0 bridgehead atoms. The van der Waals surface area contributed by atoms with Gasteiger partial charge in [-0.05, 0) is 50.1 Å².